The van der Waals surface area contributed by atoms with Gasteiger partial charge in [0.2, 0.25) is 5.89 Å². The Hall–Kier alpha value is -0.940. The van der Waals surface area contributed by atoms with Crippen LogP contribution in [0.3, 0.4) is 0 Å². The molecule has 0 aliphatic heterocycles. The zero-order valence-electron chi connectivity index (χ0n) is 9.19. The van der Waals surface area contributed by atoms with Crippen LogP contribution in [0.2, 0.25) is 0 Å². The first kappa shape index (κ1) is 10.6. The zero-order chi connectivity index (χ0) is 10.9. The van der Waals surface area contributed by atoms with E-state index < -0.39 is 5.54 Å². The van der Waals surface area contributed by atoms with Crippen LogP contribution in [0.25, 0.3) is 0 Å². The molecule has 0 aromatic carbocycles. The van der Waals surface area contributed by atoms with Crippen LogP contribution >= 0.6 is 0 Å². The van der Waals surface area contributed by atoms with Crippen LogP contribution in [-0.4, -0.2) is 23.4 Å². The van der Waals surface area contributed by atoms with Gasteiger partial charge < -0.3 is 15.0 Å². The molecule has 5 heteroatoms. The molecular formula is C10H17N3O2. The summed E-state index contributed by atoms with van der Waals surface area (Å²) >= 11 is 0. The molecule has 2 rings (SSSR count). The number of aryl methyl sites for hydroxylation is 1. The van der Waals surface area contributed by atoms with E-state index in [9.17, 15) is 0 Å². The first-order chi connectivity index (χ1) is 7.14. The van der Waals surface area contributed by atoms with E-state index in [1.807, 2.05) is 0 Å². The maximum atomic E-state index is 6.27. The van der Waals surface area contributed by atoms with E-state index >= 15 is 0 Å². The molecule has 1 aliphatic rings. The van der Waals surface area contributed by atoms with Gasteiger partial charge >= 0.3 is 0 Å². The highest BCUT2D eigenvalue weighted by Crippen LogP contribution is 2.34. The Bertz CT molecular complexity index is 329. The highest BCUT2D eigenvalue weighted by Gasteiger charge is 2.37. The van der Waals surface area contributed by atoms with Crippen molar-refractivity contribution >= 4 is 0 Å². The van der Waals surface area contributed by atoms with Crippen LogP contribution in [0, 0.1) is 6.92 Å². The summed E-state index contributed by atoms with van der Waals surface area (Å²) < 4.78 is 10.3. The molecule has 0 amide bonds. The van der Waals surface area contributed by atoms with E-state index in [4.69, 9.17) is 15.0 Å². The van der Waals surface area contributed by atoms with Crippen molar-refractivity contribution in [3.8, 4) is 0 Å². The summed E-state index contributed by atoms with van der Waals surface area (Å²) in [5.41, 5.74) is 5.85. The standard InChI is InChI=1S/C10H17N3O2/c1-7-12-9(13-15-7)10(11)5-3-8(14-2)4-6-10/h8H,3-6,11H2,1-2H3. The fraction of sp³-hybridized carbons (Fsp3) is 0.800. The third-order valence-corrected chi connectivity index (χ3v) is 3.13. The fourth-order valence-corrected chi connectivity index (χ4v) is 2.07. The van der Waals surface area contributed by atoms with Crippen molar-refractivity contribution in [1.29, 1.82) is 0 Å². The molecule has 1 saturated carbocycles. The average molecular weight is 211 g/mol. The molecule has 0 unspecified atom stereocenters. The Kier molecular flexibility index (Phi) is 2.75. The van der Waals surface area contributed by atoms with Gasteiger partial charge in [-0.05, 0) is 25.7 Å². The Labute approximate surface area is 89.0 Å². The van der Waals surface area contributed by atoms with E-state index in [-0.39, 0.29) is 0 Å². The Morgan fingerprint density at radius 3 is 2.60 bits per heavy atom. The predicted molar refractivity (Wildman–Crippen MR) is 54.2 cm³/mol. The van der Waals surface area contributed by atoms with Crippen LogP contribution in [0.5, 0.6) is 0 Å². The van der Waals surface area contributed by atoms with Crippen LogP contribution in [-0.2, 0) is 10.3 Å². The van der Waals surface area contributed by atoms with Gasteiger partial charge in [0.1, 0.15) is 0 Å². The molecular weight excluding hydrogens is 194 g/mol. The van der Waals surface area contributed by atoms with Crippen LogP contribution in [0.15, 0.2) is 4.52 Å². The molecule has 1 fully saturated rings. The van der Waals surface area contributed by atoms with Gasteiger partial charge in [-0.1, -0.05) is 5.16 Å². The van der Waals surface area contributed by atoms with E-state index in [0.717, 1.165) is 25.7 Å². The molecule has 15 heavy (non-hydrogen) atoms. The summed E-state index contributed by atoms with van der Waals surface area (Å²) in [4.78, 5) is 4.21. The largest absolute Gasteiger partial charge is 0.381 e. The third kappa shape index (κ3) is 2.03. The summed E-state index contributed by atoms with van der Waals surface area (Å²) in [6, 6.07) is 0. The van der Waals surface area contributed by atoms with Crippen molar-refractivity contribution in [2.45, 2.75) is 44.2 Å². The monoisotopic (exact) mass is 211 g/mol. The smallest absolute Gasteiger partial charge is 0.223 e. The highest BCUT2D eigenvalue weighted by molar-refractivity contribution is 5.05. The molecule has 2 N–H and O–H groups in total. The number of nitrogens with zero attached hydrogens (tertiary/aromatic N) is 2. The molecule has 1 heterocycles. The second-order valence-corrected chi connectivity index (χ2v) is 4.23. The van der Waals surface area contributed by atoms with Gasteiger partial charge in [0, 0.05) is 14.0 Å². The van der Waals surface area contributed by atoms with E-state index in [1.54, 1.807) is 14.0 Å². The first-order valence-electron chi connectivity index (χ1n) is 5.26. The van der Waals surface area contributed by atoms with Crippen molar-refractivity contribution in [3.63, 3.8) is 0 Å². The van der Waals surface area contributed by atoms with Crippen LogP contribution < -0.4 is 5.73 Å². The zero-order valence-corrected chi connectivity index (χ0v) is 9.19. The maximum Gasteiger partial charge on any atom is 0.223 e. The SMILES string of the molecule is COC1CCC(N)(c2noc(C)n2)CC1. The number of aromatic nitrogens is 2. The molecule has 1 aliphatic carbocycles. The van der Waals surface area contributed by atoms with Crippen molar-refractivity contribution in [1.82, 2.24) is 10.1 Å². The number of hydrogen-bond acceptors (Lipinski definition) is 5. The summed E-state index contributed by atoms with van der Waals surface area (Å²) in [5.74, 6) is 1.21. The minimum atomic E-state index is -0.424. The normalized spacial score (nSPS) is 31.8. The molecule has 0 radical (unpaired) electrons. The fourth-order valence-electron chi connectivity index (χ4n) is 2.07. The number of rotatable bonds is 2. The summed E-state index contributed by atoms with van der Waals surface area (Å²) in [5, 5.41) is 3.91. The van der Waals surface area contributed by atoms with Crippen LogP contribution in [0.4, 0.5) is 0 Å². The van der Waals surface area contributed by atoms with Crippen LogP contribution in [0.1, 0.15) is 37.4 Å². The molecule has 1 aromatic rings. The number of nitrogens with two attached hydrogens (primary N) is 1. The lowest BCUT2D eigenvalue weighted by Gasteiger charge is -2.33. The minimum absolute atomic E-state index is 0.328. The summed E-state index contributed by atoms with van der Waals surface area (Å²) in [6.07, 6.45) is 3.95. The molecule has 0 atom stereocenters. The molecule has 5 nitrogen and oxygen atoms in total. The van der Waals surface area contributed by atoms with Gasteiger partial charge in [0.05, 0.1) is 11.6 Å². The van der Waals surface area contributed by atoms with E-state index in [0.29, 0.717) is 17.8 Å². The second-order valence-electron chi connectivity index (χ2n) is 4.23. The lowest BCUT2D eigenvalue weighted by molar-refractivity contribution is 0.0472. The van der Waals surface area contributed by atoms with Crippen molar-refractivity contribution in [2.75, 3.05) is 7.11 Å². The predicted octanol–water partition coefficient (Wildman–Crippen LogP) is 1.12. The second kappa shape index (κ2) is 3.90. The van der Waals surface area contributed by atoms with Gasteiger partial charge in [-0.2, -0.15) is 4.98 Å². The Balaban J connectivity index is 2.09. The van der Waals surface area contributed by atoms with E-state index in [2.05, 4.69) is 10.1 Å². The van der Waals surface area contributed by atoms with Crippen molar-refractivity contribution in [3.05, 3.63) is 11.7 Å². The quantitative estimate of drug-likeness (QED) is 0.793. The third-order valence-electron chi connectivity index (χ3n) is 3.13. The van der Waals surface area contributed by atoms with Gasteiger partial charge in [-0.15, -0.1) is 0 Å². The first-order valence-corrected chi connectivity index (χ1v) is 5.26. The summed E-state index contributed by atoms with van der Waals surface area (Å²) in [7, 11) is 1.74. The maximum absolute atomic E-state index is 6.27. The highest BCUT2D eigenvalue weighted by atomic mass is 16.5. The van der Waals surface area contributed by atoms with Gasteiger partial charge in [0.25, 0.3) is 0 Å². The molecule has 0 saturated heterocycles. The van der Waals surface area contributed by atoms with Gasteiger partial charge in [-0.3, -0.25) is 0 Å². The number of ether oxygens (including phenoxy) is 1. The van der Waals surface area contributed by atoms with E-state index in [1.165, 1.54) is 0 Å². The number of methoxy groups -OCH3 is 1. The van der Waals surface area contributed by atoms with Gasteiger partial charge in [-0.25, -0.2) is 0 Å². The lowest BCUT2D eigenvalue weighted by atomic mass is 9.80. The number of hydrogen-bond donors (Lipinski definition) is 1. The molecule has 1 aromatic heterocycles. The topological polar surface area (TPSA) is 74.2 Å². The molecule has 0 spiro atoms. The Morgan fingerprint density at radius 1 is 1.47 bits per heavy atom. The average Bonchev–Trinajstić information content (AvgIpc) is 2.67. The lowest BCUT2D eigenvalue weighted by Crippen LogP contribution is -2.42. The van der Waals surface area contributed by atoms with Crippen molar-refractivity contribution in [2.24, 2.45) is 5.73 Å². The Morgan fingerprint density at radius 2 is 2.13 bits per heavy atom. The molecule has 0 bridgehead atoms. The minimum Gasteiger partial charge on any atom is -0.381 e. The molecule has 84 valence electrons. The van der Waals surface area contributed by atoms with Gasteiger partial charge in [0.15, 0.2) is 5.82 Å². The van der Waals surface area contributed by atoms with Crippen molar-refractivity contribution < 1.29 is 9.26 Å². The summed E-state index contributed by atoms with van der Waals surface area (Å²) in [6.45, 7) is 1.78.